The molecule has 2 amide bonds. The van der Waals surface area contributed by atoms with Crippen molar-refractivity contribution in [2.45, 2.75) is 58.0 Å². The first kappa shape index (κ1) is 32.7. The van der Waals surface area contributed by atoms with Crippen molar-refractivity contribution >= 4 is 33.2 Å². The van der Waals surface area contributed by atoms with Crippen LogP contribution in [0.5, 0.6) is 0 Å². The first-order chi connectivity index (χ1) is 19.9. The van der Waals surface area contributed by atoms with Crippen LogP contribution < -0.4 is 19.8 Å². The highest BCUT2D eigenvalue weighted by atomic mass is 32.2. The van der Waals surface area contributed by atoms with Gasteiger partial charge in [-0.25, -0.2) is 13.1 Å². The third-order valence-electron chi connectivity index (χ3n) is 7.19. The fraction of sp³-hybridized carbons (Fsp3) is 0.394. The average Bonchev–Trinajstić information content (AvgIpc) is 2.95. The zero-order valence-corrected chi connectivity index (χ0v) is 26.3. The number of anilines is 2. The second-order valence-corrected chi connectivity index (χ2v) is 13.2. The molecule has 0 aliphatic rings. The second kappa shape index (κ2) is 14.9. The highest BCUT2D eigenvalue weighted by molar-refractivity contribution is 7.90. The summed E-state index contributed by atoms with van der Waals surface area (Å²) in [5.74, 6) is -0.543. The molecular formula is C33H44N4O4S. The average molecular weight is 593 g/mol. The van der Waals surface area contributed by atoms with Gasteiger partial charge >= 0.3 is 0 Å². The van der Waals surface area contributed by atoms with Gasteiger partial charge in [0.05, 0.1) is 16.3 Å². The van der Waals surface area contributed by atoms with Gasteiger partial charge in [-0.15, -0.1) is 0 Å². The second-order valence-electron chi connectivity index (χ2n) is 11.5. The molecular weight excluding hydrogens is 548 g/mol. The van der Waals surface area contributed by atoms with Crippen LogP contribution in [0.25, 0.3) is 0 Å². The first-order valence-electron chi connectivity index (χ1n) is 14.4. The molecule has 0 fully saturated rings. The van der Waals surface area contributed by atoms with Crippen LogP contribution in [0, 0.1) is 11.8 Å². The van der Waals surface area contributed by atoms with Crippen molar-refractivity contribution in [3.05, 3.63) is 90.0 Å². The van der Waals surface area contributed by atoms with E-state index in [1.54, 1.807) is 24.3 Å². The number of hydrogen-bond donors (Lipinski definition) is 2. The van der Waals surface area contributed by atoms with Crippen LogP contribution in [0.15, 0.2) is 83.8 Å². The molecule has 0 spiro atoms. The van der Waals surface area contributed by atoms with Gasteiger partial charge in [-0.2, -0.15) is 0 Å². The van der Waals surface area contributed by atoms with Gasteiger partial charge in [0, 0.05) is 45.2 Å². The highest BCUT2D eigenvalue weighted by Gasteiger charge is 2.25. The molecule has 1 atom stereocenters. The Balaban J connectivity index is 1.80. The Morgan fingerprint density at radius 2 is 1.43 bits per heavy atom. The smallest absolute Gasteiger partial charge is 0.264 e. The minimum atomic E-state index is -4.00. The molecule has 0 saturated heterocycles. The molecule has 1 unspecified atom stereocenters. The van der Waals surface area contributed by atoms with Gasteiger partial charge in [0.15, 0.2) is 0 Å². The minimum absolute atomic E-state index is 0.00841. The summed E-state index contributed by atoms with van der Waals surface area (Å²) in [6, 6.07) is 23.0. The molecule has 42 heavy (non-hydrogen) atoms. The summed E-state index contributed by atoms with van der Waals surface area (Å²) in [6.45, 7) is 9.72. The van der Waals surface area contributed by atoms with Gasteiger partial charge in [0.2, 0.25) is 5.91 Å². The maximum absolute atomic E-state index is 13.5. The zero-order chi connectivity index (χ0) is 30.9. The van der Waals surface area contributed by atoms with Crippen LogP contribution in [0.2, 0.25) is 0 Å². The van der Waals surface area contributed by atoms with Crippen LogP contribution in [-0.2, 0) is 21.4 Å². The normalized spacial score (nSPS) is 12.2. The SMILES string of the molecule is CC(C)CCN(C)c1ccc(C(=O)NC(CC(=O)NS(=O)(=O)c2ccccc2)C(C)C)cc1N(C)Cc1ccccc1. The Morgan fingerprint density at radius 3 is 2.02 bits per heavy atom. The van der Waals surface area contributed by atoms with E-state index < -0.39 is 22.0 Å². The quantitative estimate of drug-likeness (QED) is 0.258. The minimum Gasteiger partial charge on any atom is -0.373 e. The predicted molar refractivity (Wildman–Crippen MR) is 170 cm³/mol. The third kappa shape index (κ3) is 9.34. The molecule has 0 heterocycles. The van der Waals surface area contributed by atoms with Crippen molar-refractivity contribution in [1.82, 2.24) is 10.0 Å². The molecule has 3 aromatic carbocycles. The lowest BCUT2D eigenvalue weighted by atomic mass is 10.00. The summed E-state index contributed by atoms with van der Waals surface area (Å²) in [5.41, 5.74) is 3.57. The van der Waals surface area contributed by atoms with Gasteiger partial charge in [-0.1, -0.05) is 76.2 Å². The molecule has 0 bridgehead atoms. The number of nitrogens with zero attached hydrogens (tertiary/aromatic N) is 2. The molecule has 3 rings (SSSR count). The molecule has 0 saturated carbocycles. The lowest BCUT2D eigenvalue weighted by Gasteiger charge is -2.29. The third-order valence-corrected chi connectivity index (χ3v) is 8.58. The number of carbonyl (C=O) groups is 2. The summed E-state index contributed by atoms with van der Waals surface area (Å²) in [7, 11) is 0.0777. The standard InChI is InChI=1S/C33H44N4O4S/c1-24(2)19-20-36(5)30-18-17-27(21-31(30)37(6)23-26-13-9-7-10-14-26)33(39)34-29(25(3)4)22-32(38)35-42(40,41)28-15-11-8-12-16-28/h7-18,21,24-25,29H,19-20,22-23H2,1-6H3,(H,34,39)(H,35,38). The van der Waals surface area contributed by atoms with E-state index in [9.17, 15) is 18.0 Å². The molecule has 0 aliphatic heterocycles. The highest BCUT2D eigenvalue weighted by Crippen LogP contribution is 2.31. The molecule has 9 heteroatoms. The van der Waals surface area contributed by atoms with Crippen molar-refractivity contribution in [2.24, 2.45) is 11.8 Å². The molecule has 226 valence electrons. The van der Waals surface area contributed by atoms with Crippen molar-refractivity contribution in [3.8, 4) is 0 Å². The number of amides is 2. The zero-order valence-electron chi connectivity index (χ0n) is 25.5. The van der Waals surface area contributed by atoms with Crippen molar-refractivity contribution in [1.29, 1.82) is 0 Å². The van der Waals surface area contributed by atoms with E-state index in [0.29, 0.717) is 18.0 Å². The fourth-order valence-electron chi connectivity index (χ4n) is 4.56. The van der Waals surface area contributed by atoms with Crippen LogP contribution in [0.3, 0.4) is 0 Å². The molecule has 0 aliphatic carbocycles. The van der Waals surface area contributed by atoms with E-state index in [1.807, 2.05) is 51.2 Å². The first-order valence-corrected chi connectivity index (χ1v) is 15.9. The van der Waals surface area contributed by atoms with Gasteiger partial charge in [-0.05, 0) is 54.2 Å². The summed E-state index contributed by atoms with van der Waals surface area (Å²) in [5, 5.41) is 2.97. The Morgan fingerprint density at radius 1 is 0.810 bits per heavy atom. The van der Waals surface area contributed by atoms with Crippen LogP contribution in [0.1, 0.15) is 56.5 Å². The number of carbonyl (C=O) groups excluding carboxylic acids is 2. The van der Waals surface area contributed by atoms with E-state index in [0.717, 1.165) is 29.9 Å². The Hall–Kier alpha value is -3.85. The van der Waals surface area contributed by atoms with Gasteiger partial charge in [0.1, 0.15) is 0 Å². The lowest BCUT2D eigenvalue weighted by Crippen LogP contribution is -2.43. The summed E-state index contributed by atoms with van der Waals surface area (Å²) in [4.78, 5) is 30.6. The topological polar surface area (TPSA) is 98.8 Å². The number of hydrogen-bond acceptors (Lipinski definition) is 6. The maximum atomic E-state index is 13.5. The van der Waals surface area contributed by atoms with Gasteiger partial charge < -0.3 is 15.1 Å². The number of sulfonamides is 1. The molecule has 2 N–H and O–H groups in total. The fourth-order valence-corrected chi connectivity index (χ4v) is 5.58. The summed E-state index contributed by atoms with van der Waals surface area (Å²) < 4.78 is 27.4. The maximum Gasteiger partial charge on any atom is 0.264 e. The summed E-state index contributed by atoms with van der Waals surface area (Å²) in [6.07, 6.45) is 0.866. The predicted octanol–water partition coefficient (Wildman–Crippen LogP) is 5.45. The molecule has 8 nitrogen and oxygen atoms in total. The van der Waals surface area contributed by atoms with Crippen LogP contribution >= 0.6 is 0 Å². The number of rotatable bonds is 14. The summed E-state index contributed by atoms with van der Waals surface area (Å²) >= 11 is 0. The van der Waals surface area contributed by atoms with Crippen LogP contribution in [-0.4, -0.2) is 46.9 Å². The number of nitrogens with one attached hydrogen (secondary N) is 2. The molecule has 0 radical (unpaired) electrons. The largest absolute Gasteiger partial charge is 0.373 e. The lowest BCUT2D eigenvalue weighted by molar-refractivity contribution is -0.120. The monoisotopic (exact) mass is 592 g/mol. The van der Waals surface area contributed by atoms with Gasteiger partial charge in [0.25, 0.3) is 15.9 Å². The number of benzene rings is 3. The van der Waals surface area contributed by atoms with Crippen molar-refractivity contribution in [3.63, 3.8) is 0 Å². The molecule has 3 aromatic rings. The molecule has 0 aromatic heterocycles. The van der Waals surface area contributed by atoms with E-state index >= 15 is 0 Å². The van der Waals surface area contributed by atoms with Gasteiger partial charge in [-0.3, -0.25) is 9.59 Å². The Labute approximate surface area is 251 Å². The Kier molecular flexibility index (Phi) is 11.6. The Bertz CT molecular complexity index is 1430. The van der Waals surface area contributed by atoms with E-state index in [-0.39, 0.29) is 23.1 Å². The van der Waals surface area contributed by atoms with E-state index in [2.05, 4.69) is 52.9 Å². The van der Waals surface area contributed by atoms with Crippen molar-refractivity contribution in [2.75, 3.05) is 30.4 Å². The van der Waals surface area contributed by atoms with E-state index in [1.165, 1.54) is 12.1 Å². The van der Waals surface area contributed by atoms with Crippen molar-refractivity contribution < 1.29 is 18.0 Å². The van der Waals surface area contributed by atoms with E-state index in [4.69, 9.17) is 0 Å². The van der Waals surface area contributed by atoms with Crippen LogP contribution in [0.4, 0.5) is 11.4 Å².